The van der Waals surface area contributed by atoms with E-state index in [4.69, 9.17) is 4.74 Å². The molecular formula is C24H30BFN2O2. The van der Waals surface area contributed by atoms with Crippen molar-refractivity contribution in [2.45, 2.75) is 44.2 Å². The minimum absolute atomic E-state index is 0.0529. The maximum atomic E-state index is 13.5. The van der Waals surface area contributed by atoms with Crippen LogP contribution in [0.5, 0.6) is 0 Å². The number of likely N-dealkylation sites (tertiary alicyclic amines) is 1. The van der Waals surface area contributed by atoms with Gasteiger partial charge in [0.1, 0.15) is 19.3 Å². The lowest BCUT2D eigenvalue weighted by molar-refractivity contribution is -0.0686. The van der Waals surface area contributed by atoms with E-state index >= 15 is 0 Å². The smallest absolute Gasteiger partial charge is 0.411 e. The predicted molar refractivity (Wildman–Crippen MR) is 119 cm³/mol. The highest BCUT2D eigenvalue weighted by molar-refractivity contribution is 6.32. The molecule has 2 saturated heterocycles. The maximum absolute atomic E-state index is 13.5. The van der Waals surface area contributed by atoms with Crippen molar-refractivity contribution in [1.29, 1.82) is 0 Å². The summed E-state index contributed by atoms with van der Waals surface area (Å²) in [5.74, 6) is -0.273. The van der Waals surface area contributed by atoms with Gasteiger partial charge in [-0.1, -0.05) is 41.9 Å². The minimum Gasteiger partial charge on any atom is -0.438 e. The fraction of sp³-hybridized carbons (Fsp3) is 0.458. The predicted octanol–water partition coefficient (Wildman–Crippen LogP) is 3.37. The van der Waals surface area contributed by atoms with Gasteiger partial charge in [0, 0.05) is 25.9 Å². The number of carbonyl (C=O) groups excluding carboxylic acids is 1. The number of benzene rings is 2. The molecule has 2 heterocycles. The molecule has 2 aliphatic rings. The van der Waals surface area contributed by atoms with Crippen molar-refractivity contribution in [3.05, 3.63) is 65.5 Å². The topological polar surface area (TPSA) is 32.8 Å². The standard InChI is InChI=1S/C24H30BFN2O2/c1-18(19-4-8-21(25)9-5-19)28-17-13-24(30-23(28)29,12-16-27-14-2-3-15-27)20-6-10-22(26)11-7-20/h4-11,18H,2-3,12-17,25H2,1H3/t18-,24+/m0/s1. The molecule has 4 rings (SSSR count). The maximum Gasteiger partial charge on any atom is 0.411 e. The molecule has 0 unspecified atom stereocenters. The number of hydrogen-bond acceptors (Lipinski definition) is 3. The highest BCUT2D eigenvalue weighted by Gasteiger charge is 2.43. The van der Waals surface area contributed by atoms with E-state index in [0.29, 0.717) is 13.0 Å². The zero-order chi connectivity index (χ0) is 21.1. The normalized spacial score (nSPS) is 23.4. The minimum atomic E-state index is -0.698. The van der Waals surface area contributed by atoms with Gasteiger partial charge < -0.3 is 14.5 Å². The second-order valence-electron chi connectivity index (χ2n) is 8.70. The lowest BCUT2D eigenvalue weighted by Gasteiger charge is -2.44. The van der Waals surface area contributed by atoms with Gasteiger partial charge in [-0.25, -0.2) is 9.18 Å². The molecule has 2 atom stereocenters. The molecule has 158 valence electrons. The number of carbonyl (C=O) groups is 1. The van der Waals surface area contributed by atoms with Crippen molar-refractivity contribution in [3.63, 3.8) is 0 Å². The van der Waals surface area contributed by atoms with Crippen molar-refractivity contribution in [2.75, 3.05) is 26.2 Å². The summed E-state index contributed by atoms with van der Waals surface area (Å²) >= 11 is 0. The van der Waals surface area contributed by atoms with E-state index in [9.17, 15) is 9.18 Å². The summed E-state index contributed by atoms with van der Waals surface area (Å²) in [6.45, 7) is 5.75. The Morgan fingerprint density at radius 2 is 1.73 bits per heavy atom. The molecule has 0 bridgehead atoms. The van der Waals surface area contributed by atoms with E-state index in [-0.39, 0.29) is 18.0 Å². The van der Waals surface area contributed by atoms with Crippen LogP contribution in [0.25, 0.3) is 0 Å². The Morgan fingerprint density at radius 1 is 1.07 bits per heavy atom. The molecule has 0 spiro atoms. The van der Waals surface area contributed by atoms with Crippen LogP contribution in [0.1, 0.15) is 49.8 Å². The van der Waals surface area contributed by atoms with Gasteiger partial charge in [-0.15, -0.1) is 0 Å². The average Bonchev–Trinajstić information content (AvgIpc) is 3.27. The lowest BCUT2D eigenvalue weighted by Crippen LogP contribution is -2.49. The Hall–Kier alpha value is -2.34. The molecule has 0 N–H and O–H groups in total. The molecular weight excluding hydrogens is 378 g/mol. The van der Waals surface area contributed by atoms with E-state index in [0.717, 1.165) is 37.2 Å². The first-order valence-electron chi connectivity index (χ1n) is 11.0. The van der Waals surface area contributed by atoms with Gasteiger partial charge in [0.25, 0.3) is 0 Å². The van der Waals surface area contributed by atoms with Gasteiger partial charge in [0.05, 0.1) is 6.04 Å². The first-order chi connectivity index (χ1) is 14.5. The molecule has 1 amide bonds. The number of amides is 1. The Balaban J connectivity index is 1.53. The second-order valence-corrected chi connectivity index (χ2v) is 8.70. The van der Waals surface area contributed by atoms with Crippen molar-refractivity contribution in [2.24, 2.45) is 0 Å². The van der Waals surface area contributed by atoms with Crippen LogP contribution in [0.3, 0.4) is 0 Å². The van der Waals surface area contributed by atoms with Crippen molar-refractivity contribution < 1.29 is 13.9 Å². The van der Waals surface area contributed by atoms with Gasteiger partial charge in [-0.3, -0.25) is 0 Å². The summed E-state index contributed by atoms with van der Waals surface area (Å²) in [4.78, 5) is 17.4. The summed E-state index contributed by atoms with van der Waals surface area (Å²) < 4.78 is 19.7. The highest BCUT2D eigenvalue weighted by atomic mass is 19.1. The van der Waals surface area contributed by atoms with Crippen molar-refractivity contribution >= 4 is 19.4 Å². The van der Waals surface area contributed by atoms with E-state index in [2.05, 4.69) is 37.0 Å². The number of halogens is 1. The van der Waals surface area contributed by atoms with Gasteiger partial charge in [0.15, 0.2) is 0 Å². The van der Waals surface area contributed by atoms with E-state index in [1.807, 2.05) is 11.8 Å². The summed E-state index contributed by atoms with van der Waals surface area (Å²) in [6.07, 6.45) is 3.60. The number of cyclic esters (lactones) is 1. The van der Waals surface area contributed by atoms with Gasteiger partial charge in [0.2, 0.25) is 0 Å². The van der Waals surface area contributed by atoms with Crippen LogP contribution < -0.4 is 5.46 Å². The van der Waals surface area contributed by atoms with Gasteiger partial charge in [-0.2, -0.15) is 0 Å². The van der Waals surface area contributed by atoms with Crippen LogP contribution in [-0.2, 0) is 10.3 Å². The summed E-state index contributed by atoms with van der Waals surface area (Å²) in [7, 11) is 2.06. The molecule has 0 saturated carbocycles. The monoisotopic (exact) mass is 408 g/mol. The number of nitrogens with zero attached hydrogens (tertiary/aromatic N) is 2. The summed E-state index contributed by atoms with van der Waals surface area (Å²) in [6, 6.07) is 14.7. The Labute approximate surface area is 179 Å². The first kappa shape index (κ1) is 20.9. The molecule has 4 nitrogen and oxygen atoms in total. The highest BCUT2D eigenvalue weighted by Crippen LogP contribution is 2.40. The Morgan fingerprint density at radius 3 is 2.37 bits per heavy atom. The van der Waals surface area contributed by atoms with Crippen molar-refractivity contribution in [1.82, 2.24) is 9.80 Å². The zero-order valence-corrected chi connectivity index (χ0v) is 17.9. The SMILES string of the molecule is Bc1ccc([C@H](C)N2CC[C@](CCN3CCCC3)(c3ccc(F)cc3)OC2=O)cc1. The summed E-state index contributed by atoms with van der Waals surface area (Å²) in [5.41, 5.74) is 2.49. The fourth-order valence-electron chi connectivity index (χ4n) is 4.67. The second kappa shape index (κ2) is 8.80. The molecule has 2 aromatic rings. The number of rotatable bonds is 6. The van der Waals surface area contributed by atoms with E-state index in [1.165, 1.54) is 30.4 Å². The largest absolute Gasteiger partial charge is 0.438 e. The van der Waals surface area contributed by atoms with Crippen LogP contribution in [0, 0.1) is 5.82 Å². The average molecular weight is 408 g/mol. The molecule has 0 radical (unpaired) electrons. The Kier molecular flexibility index (Phi) is 6.14. The molecule has 2 aromatic carbocycles. The fourth-order valence-corrected chi connectivity index (χ4v) is 4.67. The Bertz CT molecular complexity index is 868. The van der Waals surface area contributed by atoms with Crippen LogP contribution in [0.4, 0.5) is 9.18 Å². The van der Waals surface area contributed by atoms with E-state index < -0.39 is 5.60 Å². The zero-order valence-electron chi connectivity index (χ0n) is 17.9. The third-order valence-corrected chi connectivity index (χ3v) is 6.70. The van der Waals surface area contributed by atoms with E-state index in [1.54, 1.807) is 12.1 Å². The number of ether oxygens (including phenoxy) is 1. The molecule has 0 aliphatic carbocycles. The van der Waals surface area contributed by atoms with Crippen LogP contribution in [0.15, 0.2) is 48.5 Å². The third kappa shape index (κ3) is 4.39. The molecule has 6 heteroatoms. The van der Waals surface area contributed by atoms with Crippen LogP contribution >= 0.6 is 0 Å². The molecule has 30 heavy (non-hydrogen) atoms. The quantitative estimate of drug-likeness (QED) is 0.688. The summed E-state index contributed by atoms with van der Waals surface area (Å²) in [5, 5.41) is 0. The first-order valence-corrected chi connectivity index (χ1v) is 11.0. The lowest BCUT2D eigenvalue weighted by atomic mass is 9.85. The molecule has 2 fully saturated rings. The van der Waals surface area contributed by atoms with Crippen LogP contribution in [0.2, 0.25) is 0 Å². The third-order valence-electron chi connectivity index (χ3n) is 6.70. The van der Waals surface area contributed by atoms with Gasteiger partial charge >= 0.3 is 6.09 Å². The number of hydrogen-bond donors (Lipinski definition) is 0. The van der Waals surface area contributed by atoms with Gasteiger partial charge in [-0.05, 0) is 56.1 Å². The van der Waals surface area contributed by atoms with Crippen LogP contribution in [-0.4, -0.2) is 49.9 Å². The van der Waals surface area contributed by atoms with Crippen molar-refractivity contribution in [3.8, 4) is 0 Å². The molecule has 0 aromatic heterocycles. The molecule has 2 aliphatic heterocycles.